The summed E-state index contributed by atoms with van der Waals surface area (Å²) in [6.45, 7) is 2.12. The van der Waals surface area contributed by atoms with Gasteiger partial charge in [-0.25, -0.2) is 0 Å². The molecule has 8 nitrogen and oxygen atoms in total. The van der Waals surface area contributed by atoms with E-state index in [9.17, 15) is 14.4 Å². The maximum Gasteiger partial charge on any atom is 0.255 e. The molecule has 3 heterocycles. The summed E-state index contributed by atoms with van der Waals surface area (Å²) in [5, 5.41) is 4.47. The number of nitrogens with one attached hydrogen (secondary N) is 2. The molecule has 0 radical (unpaired) electrons. The van der Waals surface area contributed by atoms with Crippen molar-refractivity contribution in [3.8, 4) is 0 Å². The molecule has 36 heavy (non-hydrogen) atoms. The first-order valence-electron chi connectivity index (χ1n) is 11.9. The lowest BCUT2D eigenvalue weighted by Gasteiger charge is -2.41. The second kappa shape index (κ2) is 10.5. The number of halogens is 2. The number of rotatable bonds is 5. The fourth-order valence-corrected chi connectivity index (χ4v) is 5.13. The molecule has 0 spiro atoms. The van der Waals surface area contributed by atoms with E-state index in [0.29, 0.717) is 40.6 Å². The van der Waals surface area contributed by atoms with Crippen LogP contribution in [0, 0.1) is 0 Å². The first kappa shape index (κ1) is 24.6. The first-order valence-corrected chi connectivity index (χ1v) is 12.7. The highest BCUT2D eigenvalue weighted by atomic mass is 35.5. The molecular weight excluding hydrogens is 503 g/mol. The highest BCUT2D eigenvalue weighted by Gasteiger charge is 2.37. The third-order valence-corrected chi connectivity index (χ3v) is 7.46. The van der Waals surface area contributed by atoms with Crippen LogP contribution in [0.4, 0.5) is 5.69 Å². The van der Waals surface area contributed by atoms with Gasteiger partial charge >= 0.3 is 0 Å². The van der Waals surface area contributed by atoms with E-state index in [2.05, 4.69) is 10.3 Å². The number of piperazine rings is 1. The van der Waals surface area contributed by atoms with Gasteiger partial charge in [0.05, 0.1) is 21.7 Å². The number of H-pyrrole nitrogens is 1. The van der Waals surface area contributed by atoms with Gasteiger partial charge in [0.25, 0.3) is 5.91 Å². The minimum Gasteiger partial charge on any atom is -0.376 e. The van der Waals surface area contributed by atoms with Gasteiger partial charge in [-0.2, -0.15) is 0 Å². The average Bonchev–Trinajstić information content (AvgIpc) is 3.41. The Balaban J connectivity index is 1.44. The highest BCUT2D eigenvalue weighted by molar-refractivity contribution is 6.42. The Hall–Kier alpha value is -3.07. The summed E-state index contributed by atoms with van der Waals surface area (Å²) in [6, 6.07) is 13.0. The molecule has 2 atom stereocenters. The Kier molecular flexibility index (Phi) is 7.18. The quantitative estimate of drug-likeness (QED) is 0.528. The Labute approximate surface area is 218 Å². The molecule has 0 aliphatic carbocycles. The van der Waals surface area contributed by atoms with Gasteiger partial charge in [-0.15, -0.1) is 0 Å². The molecule has 2 fully saturated rings. The topological polar surface area (TPSA) is 94.7 Å². The maximum absolute atomic E-state index is 13.8. The van der Waals surface area contributed by atoms with E-state index in [1.54, 1.807) is 35.2 Å². The molecule has 3 aromatic rings. The van der Waals surface area contributed by atoms with Crippen LogP contribution in [0.25, 0.3) is 10.9 Å². The lowest BCUT2D eigenvalue weighted by Crippen LogP contribution is -2.61. The zero-order chi connectivity index (χ0) is 25.2. The molecule has 2 unspecified atom stereocenters. The minimum absolute atomic E-state index is 0.0236. The standard InChI is InChI=1S/C26H26Cl2N4O4/c27-20-8-7-16(12-21(20)28)31-9-10-32(23(15-31)25(34)29-14-17-4-3-11-36-17)26(35)19-13-24(33)30-22-6-2-1-5-18(19)22/h1-2,5-8,12-13,17,23H,3-4,9-11,14-15H2,(H,29,34)(H,30,33). The van der Waals surface area contributed by atoms with Crippen LogP contribution in [0.2, 0.25) is 10.0 Å². The van der Waals surface area contributed by atoms with E-state index in [-0.39, 0.29) is 42.1 Å². The normalized spacial score (nSPS) is 20.1. The Morgan fingerprint density at radius 3 is 2.69 bits per heavy atom. The summed E-state index contributed by atoms with van der Waals surface area (Å²) < 4.78 is 5.64. The summed E-state index contributed by atoms with van der Waals surface area (Å²) in [6.07, 6.45) is 1.83. The van der Waals surface area contributed by atoms with Crippen LogP contribution in [0.5, 0.6) is 0 Å². The third kappa shape index (κ3) is 5.07. The molecule has 2 aromatic carbocycles. The zero-order valence-corrected chi connectivity index (χ0v) is 21.0. The number of fused-ring (bicyclic) bond motifs is 1. The van der Waals surface area contributed by atoms with Gasteiger partial charge in [0.2, 0.25) is 11.5 Å². The maximum atomic E-state index is 13.8. The van der Waals surface area contributed by atoms with E-state index < -0.39 is 6.04 Å². The van der Waals surface area contributed by atoms with Gasteiger partial charge < -0.3 is 24.8 Å². The van der Waals surface area contributed by atoms with E-state index >= 15 is 0 Å². The number of hydrogen-bond acceptors (Lipinski definition) is 5. The smallest absolute Gasteiger partial charge is 0.255 e. The molecular formula is C26H26Cl2N4O4. The number of pyridine rings is 1. The number of nitrogens with zero attached hydrogens (tertiary/aromatic N) is 2. The van der Waals surface area contributed by atoms with Gasteiger partial charge in [-0.3, -0.25) is 14.4 Å². The van der Waals surface area contributed by atoms with Crippen molar-refractivity contribution in [1.29, 1.82) is 0 Å². The van der Waals surface area contributed by atoms with Crippen molar-refractivity contribution in [2.24, 2.45) is 0 Å². The molecule has 2 saturated heterocycles. The number of carbonyl (C=O) groups is 2. The average molecular weight is 529 g/mol. The van der Waals surface area contributed by atoms with Gasteiger partial charge in [0.15, 0.2) is 0 Å². The van der Waals surface area contributed by atoms with Gasteiger partial charge in [0, 0.05) is 55.4 Å². The third-order valence-electron chi connectivity index (χ3n) is 6.72. The fourth-order valence-electron chi connectivity index (χ4n) is 4.84. The number of hydrogen-bond donors (Lipinski definition) is 2. The van der Waals surface area contributed by atoms with Crippen molar-refractivity contribution in [1.82, 2.24) is 15.2 Å². The second-order valence-electron chi connectivity index (χ2n) is 9.03. The van der Waals surface area contributed by atoms with Crippen LogP contribution in [-0.2, 0) is 9.53 Å². The molecule has 0 bridgehead atoms. The summed E-state index contributed by atoms with van der Waals surface area (Å²) in [5.74, 6) is -0.624. The van der Waals surface area contributed by atoms with Gasteiger partial charge in [-0.05, 0) is 37.1 Å². The predicted molar refractivity (Wildman–Crippen MR) is 140 cm³/mol. The van der Waals surface area contributed by atoms with Crippen LogP contribution in [0.1, 0.15) is 23.2 Å². The molecule has 2 aliphatic rings. The molecule has 2 N–H and O–H groups in total. The van der Waals surface area contributed by atoms with Crippen LogP contribution in [-0.4, -0.2) is 66.6 Å². The lowest BCUT2D eigenvalue weighted by molar-refractivity contribution is -0.126. The first-order chi connectivity index (χ1) is 17.4. The summed E-state index contributed by atoms with van der Waals surface area (Å²) in [7, 11) is 0. The number of ether oxygens (including phenoxy) is 1. The number of aromatic nitrogens is 1. The van der Waals surface area contributed by atoms with Crippen molar-refractivity contribution in [2.75, 3.05) is 37.7 Å². The number of para-hydroxylation sites is 1. The lowest BCUT2D eigenvalue weighted by atomic mass is 10.0. The second-order valence-corrected chi connectivity index (χ2v) is 9.85. The highest BCUT2D eigenvalue weighted by Crippen LogP contribution is 2.29. The number of amides is 2. The largest absolute Gasteiger partial charge is 0.376 e. The van der Waals surface area contributed by atoms with Crippen molar-refractivity contribution < 1.29 is 14.3 Å². The van der Waals surface area contributed by atoms with Crippen molar-refractivity contribution in [2.45, 2.75) is 25.0 Å². The summed E-state index contributed by atoms with van der Waals surface area (Å²) in [5.41, 5.74) is 1.29. The molecule has 2 amide bonds. The van der Waals surface area contributed by atoms with Gasteiger partial charge in [-0.1, -0.05) is 41.4 Å². The van der Waals surface area contributed by atoms with E-state index in [0.717, 1.165) is 18.5 Å². The Morgan fingerprint density at radius 1 is 1.08 bits per heavy atom. The molecule has 5 rings (SSSR count). The van der Waals surface area contributed by atoms with Crippen LogP contribution < -0.4 is 15.8 Å². The summed E-state index contributed by atoms with van der Waals surface area (Å²) >= 11 is 12.3. The Bertz CT molecular complexity index is 1360. The van der Waals surface area contributed by atoms with Crippen molar-refractivity contribution >= 4 is 51.6 Å². The van der Waals surface area contributed by atoms with E-state index in [1.165, 1.54) is 6.07 Å². The van der Waals surface area contributed by atoms with E-state index in [4.69, 9.17) is 27.9 Å². The fraction of sp³-hybridized carbons (Fsp3) is 0.346. The molecule has 1 aromatic heterocycles. The van der Waals surface area contributed by atoms with Gasteiger partial charge in [0.1, 0.15) is 6.04 Å². The minimum atomic E-state index is -0.778. The summed E-state index contributed by atoms with van der Waals surface area (Å²) in [4.78, 5) is 45.9. The predicted octanol–water partition coefficient (Wildman–Crippen LogP) is 3.46. The van der Waals surface area contributed by atoms with Crippen LogP contribution in [0.15, 0.2) is 53.3 Å². The van der Waals surface area contributed by atoms with E-state index in [1.807, 2.05) is 17.0 Å². The van der Waals surface area contributed by atoms with Crippen molar-refractivity contribution in [3.05, 3.63) is 74.5 Å². The molecule has 2 aliphatic heterocycles. The number of anilines is 1. The van der Waals surface area contributed by atoms with Crippen LogP contribution in [0.3, 0.4) is 0 Å². The number of carbonyl (C=O) groups excluding carboxylic acids is 2. The van der Waals surface area contributed by atoms with Crippen molar-refractivity contribution in [3.63, 3.8) is 0 Å². The monoisotopic (exact) mass is 528 g/mol. The number of benzene rings is 2. The molecule has 0 saturated carbocycles. The molecule has 188 valence electrons. The number of aromatic amines is 1. The Morgan fingerprint density at radius 2 is 1.92 bits per heavy atom. The SMILES string of the molecule is O=C(NCC1CCCO1)C1CN(c2ccc(Cl)c(Cl)c2)CCN1C(=O)c1cc(=O)[nH]c2ccccc12. The zero-order valence-electron chi connectivity index (χ0n) is 19.5. The van der Waals surface area contributed by atoms with Crippen LogP contribution >= 0.6 is 23.2 Å². The molecule has 10 heteroatoms.